The van der Waals surface area contributed by atoms with Gasteiger partial charge in [-0.25, -0.2) is 4.98 Å². The third kappa shape index (κ3) is 7.58. The largest absolute Gasteiger partial charge is 0.509 e. The van der Waals surface area contributed by atoms with Crippen LogP contribution in [0.2, 0.25) is 0 Å². The van der Waals surface area contributed by atoms with Crippen LogP contribution in [0.5, 0.6) is 11.5 Å². The van der Waals surface area contributed by atoms with Crippen LogP contribution in [0.3, 0.4) is 0 Å². The molecule has 0 fully saturated rings. The van der Waals surface area contributed by atoms with E-state index in [9.17, 15) is 0 Å². The van der Waals surface area contributed by atoms with E-state index in [-0.39, 0.29) is 54.4 Å². The number of ether oxygens (including phenoxy) is 1. The first kappa shape index (κ1) is 34.2. The quantitative estimate of drug-likeness (QED) is 0.142. The summed E-state index contributed by atoms with van der Waals surface area (Å²) in [5.41, 5.74) is 8.00. The number of hydrogen-bond acceptors (Lipinski definition) is 4. The summed E-state index contributed by atoms with van der Waals surface area (Å²) in [4.78, 5) is 8.55. The zero-order valence-electron chi connectivity index (χ0n) is 48.5. The molecule has 0 atom stereocenters. The maximum atomic E-state index is 9.08. The molecule has 4 heterocycles. The number of rotatable bonds is 8. The number of pyridine rings is 1. The topological polar surface area (TPSA) is 38.5 Å². The standard InChI is InChI=1S/C64H46N5O.Pt/c1-64(2,3)45-36-37-65-62(38-45)69-58-35-32-47(68-56-28-12-10-24-52(56)53-25-11-13-29-57(53)68)40-55(58)54-34-33-49(41-61(54)69)70-48-23-16-22-46(39-48)66-42-67(60-31-15-14-30-59(60)66)63-50(43-18-6-4-7-19-43)26-17-27-51(63)44-20-8-5-9-21-44;/h4-38,40,42H,1-3H3;/q-3;/i4D,5D,6D,7D,8D,9D,18D,19D,20D,21D;. The predicted octanol–water partition coefficient (Wildman–Crippen LogP) is 16.7. The Morgan fingerprint density at radius 2 is 1.14 bits per heavy atom. The van der Waals surface area contributed by atoms with E-state index < -0.39 is 60.4 Å². The minimum atomic E-state index is -0.568. The molecule has 1 aliphatic heterocycles. The van der Waals surface area contributed by atoms with Crippen LogP contribution >= 0.6 is 0 Å². The molecule has 0 amide bonds. The van der Waals surface area contributed by atoms with Crippen LogP contribution in [0.1, 0.15) is 40.0 Å². The van der Waals surface area contributed by atoms with Gasteiger partial charge < -0.3 is 23.7 Å². The van der Waals surface area contributed by atoms with E-state index >= 15 is 0 Å². The van der Waals surface area contributed by atoms with Crippen molar-refractivity contribution in [1.82, 2.24) is 14.1 Å². The van der Waals surface area contributed by atoms with Crippen molar-refractivity contribution in [1.29, 1.82) is 0 Å². The normalized spacial score (nSPS) is 14.5. The summed E-state index contributed by atoms with van der Waals surface area (Å²) in [5.74, 6) is 1.53. The van der Waals surface area contributed by atoms with Crippen molar-refractivity contribution in [2.75, 3.05) is 9.80 Å². The van der Waals surface area contributed by atoms with Crippen molar-refractivity contribution >= 4 is 66.4 Å². The van der Waals surface area contributed by atoms with Gasteiger partial charge in [0.15, 0.2) is 0 Å². The van der Waals surface area contributed by atoms with Gasteiger partial charge in [0, 0.05) is 88.9 Å². The molecule has 0 spiro atoms. The second-order valence-corrected chi connectivity index (χ2v) is 18.2. The van der Waals surface area contributed by atoms with Crippen molar-refractivity contribution in [3.05, 3.63) is 243 Å². The zero-order valence-corrected chi connectivity index (χ0v) is 40.8. The molecule has 0 saturated carbocycles. The molecule has 9 aromatic carbocycles. The van der Waals surface area contributed by atoms with Gasteiger partial charge in [-0.1, -0.05) is 153 Å². The van der Waals surface area contributed by atoms with Crippen molar-refractivity contribution in [2.45, 2.75) is 26.2 Å². The van der Waals surface area contributed by atoms with Crippen LogP contribution in [-0.2, 0) is 26.5 Å². The Morgan fingerprint density at radius 3 is 1.82 bits per heavy atom. The van der Waals surface area contributed by atoms with Gasteiger partial charge in [-0.05, 0) is 82.1 Å². The van der Waals surface area contributed by atoms with Crippen LogP contribution in [0, 0.1) is 18.8 Å². The zero-order chi connectivity index (χ0) is 55.6. The van der Waals surface area contributed by atoms with Crippen LogP contribution in [0.25, 0.3) is 77.4 Å². The SMILES string of the molecule is [2H]c1c([2H])c([2H])c(-c2cccc(-c3c([2H])c([2H])c([2H])c([2H])c3[2H])c2N2[CH-]N(c3[c-]c(Oc4[c-]c5c(cc4)c4cc(-n6c7ccccc7c7ccccc76)ccc4n5-c4cc(C(C)(C)C)ccn4)ccc3)c3ccccc32)c([2H])c1[2H].[Pt]. The van der Waals surface area contributed by atoms with Gasteiger partial charge in [0.05, 0.1) is 24.7 Å². The molecule has 0 saturated heterocycles. The molecule has 0 bridgehead atoms. The second kappa shape index (κ2) is 17.7. The number of aromatic nitrogens is 3. The van der Waals surface area contributed by atoms with E-state index in [2.05, 4.69) is 121 Å². The van der Waals surface area contributed by atoms with Gasteiger partial charge in [-0.15, -0.1) is 48.1 Å². The monoisotopic (exact) mass is 1110 g/mol. The molecule has 12 aromatic rings. The molecule has 13 rings (SSSR count). The minimum absolute atomic E-state index is 0. The summed E-state index contributed by atoms with van der Waals surface area (Å²) < 4.78 is 98.7. The number of hydrogen-bond donors (Lipinski definition) is 0. The van der Waals surface area contributed by atoms with Gasteiger partial charge in [0.25, 0.3) is 0 Å². The molecule has 346 valence electrons. The molecule has 7 heteroatoms. The summed E-state index contributed by atoms with van der Waals surface area (Å²) in [6.07, 6.45) is 1.85. The van der Waals surface area contributed by atoms with E-state index in [4.69, 9.17) is 23.4 Å². The Bertz CT molecular complexity index is 4390. The fraction of sp³-hybridized carbons (Fsp3) is 0.0625. The van der Waals surface area contributed by atoms with Crippen LogP contribution in [-0.4, -0.2) is 14.1 Å². The van der Waals surface area contributed by atoms with Gasteiger partial charge in [0.1, 0.15) is 5.82 Å². The van der Waals surface area contributed by atoms with Gasteiger partial charge in [-0.3, -0.25) is 0 Å². The molecule has 6 nitrogen and oxygen atoms in total. The number of anilines is 4. The molecule has 3 aromatic heterocycles. The predicted molar refractivity (Wildman–Crippen MR) is 288 cm³/mol. The Morgan fingerprint density at radius 1 is 0.535 bits per heavy atom. The first-order valence-electron chi connectivity index (χ1n) is 28.0. The smallest absolute Gasteiger partial charge is 0.135 e. The number of para-hydroxylation sites is 5. The molecule has 1 aliphatic rings. The summed E-state index contributed by atoms with van der Waals surface area (Å²) in [6.45, 7) is 8.29. The number of fused-ring (bicyclic) bond motifs is 7. The van der Waals surface area contributed by atoms with Crippen LogP contribution in [0.15, 0.2) is 218 Å². The maximum absolute atomic E-state index is 9.08. The number of nitrogens with zero attached hydrogens (tertiary/aromatic N) is 5. The van der Waals surface area contributed by atoms with E-state index in [1.807, 2.05) is 59.6 Å². The molecular weight excluding hydrogens is 1050 g/mol. The minimum Gasteiger partial charge on any atom is -0.509 e. The van der Waals surface area contributed by atoms with Crippen molar-refractivity contribution in [3.63, 3.8) is 0 Å². The summed E-state index contributed by atoms with van der Waals surface area (Å²) in [7, 11) is 0. The average molecular weight is 1110 g/mol. The average Bonchev–Trinajstić information content (AvgIpc) is 4.34. The fourth-order valence-corrected chi connectivity index (χ4v) is 9.77. The molecular formula is C64H46N5OPt-3. The van der Waals surface area contributed by atoms with Gasteiger partial charge >= 0.3 is 0 Å². The van der Waals surface area contributed by atoms with E-state index in [1.165, 1.54) is 10.8 Å². The van der Waals surface area contributed by atoms with Gasteiger partial charge in [0.2, 0.25) is 0 Å². The van der Waals surface area contributed by atoms with Crippen LogP contribution < -0.4 is 14.5 Å². The summed E-state index contributed by atoms with van der Waals surface area (Å²) >= 11 is 0. The first-order valence-corrected chi connectivity index (χ1v) is 23.0. The molecule has 0 N–H and O–H groups in total. The molecule has 0 unspecified atom stereocenters. The Hall–Kier alpha value is -8.18. The van der Waals surface area contributed by atoms with E-state index in [0.29, 0.717) is 28.6 Å². The van der Waals surface area contributed by atoms with Crippen LogP contribution in [0.4, 0.5) is 22.7 Å². The van der Waals surface area contributed by atoms with E-state index in [1.54, 1.807) is 35.8 Å². The molecule has 71 heavy (non-hydrogen) atoms. The summed E-state index contributed by atoms with van der Waals surface area (Å²) in [6, 6.07) is 51.2. The summed E-state index contributed by atoms with van der Waals surface area (Å²) in [5, 5.41) is 4.31. The Kier molecular flexibility index (Phi) is 8.49. The van der Waals surface area contributed by atoms with E-state index in [0.717, 1.165) is 49.9 Å². The number of benzene rings is 9. The third-order valence-electron chi connectivity index (χ3n) is 13.0. The maximum Gasteiger partial charge on any atom is 0.135 e. The van der Waals surface area contributed by atoms with Gasteiger partial charge in [-0.2, -0.15) is 12.1 Å². The van der Waals surface area contributed by atoms with Crippen molar-refractivity contribution in [2.24, 2.45) is 0 Å². The Labute approximate surface area is 442 Å². The third-order valence-corrected chi connectivity index (χ3v) is 13.0. The molecule has 0 aliphatic carbocycles. The Balaban J connectivity index is 0.00000651. The fourth-order valence-electron chi connectivity index (χ4n) is 9.77. The second-order valence-electron chi connectivity index (χ2n) is 18.2. The molecule has 0 radical (unpaired) electrons. The first-order chi connectivity index (χ1) is 38.5. The van der Waals surface area contributed by atoms with Crippen molar-refractivity contribution in [3.8, 4) is 45.3 Å². The van der Waals surface area contributed by atoms with Crippen molar-refractivity contribution < 1.29 is 39.5 Å².